The smallest absolute Gasteiger partial charge is 0.341 e. The Hall–Kier alpha value is -2.29. The minimum atomic E-state index is -0.390. The Balaban J connectivity index is 2.12. The number of methoxy groups -OCH3 is 1. The molecule has 0 saturated heterocycles. The maximum atomic E-state index is 11.5. The molecule has 0 heterocycles. The van der Waals surface area contributed by atoms with Crippen LogP contribution in [-0.2, 0) is 11.3 Å². The van der Waals surface area contributed by atoms with E-state index in [-0.39, 0.29) is 0 Å². The topological polar surface area (TPSA) is 35.5 Å². The SMILES string of the molecule is COC(=O)c1ccccc1OCc1ccccc1. The summed E-state index contributed by atoms with van der Waals surface area (Å²) in [5, 5.41) is 0. The van der Waals surface area contributed by atoms with E-state index in [1.807, 2.05) is 36.4 Å². The van der Waals surface area contributed by atoms with Crippen LogP contribution in [0.2, 0.25) is 0 Å². The van der Waals surface area contributed by atoms with E-state index < -0.39 is 5.97 Å². The number of carbonyl (C=O) groups excluding carboxylic acids is 1. The summed E-state index contributed by atoms with van der Waals surface area (Å²) < 4.78 is 10.4. The highest BCUT2D eigenvalue weighted by molar-refractivity contribution is 5.92. The highest BCUT2D eigenvalue weighted by Gasteiger charge is 2.11. The predicted octanol–water partition coefficient (Wildman–Crippen LogP) is 3.05. The van der Waals surface area contributed by atoms with Crippen LogP contribution >= 0.6 is 0 Å². The first-order valence-corrected chi connectivity index (χ1v) is 5.65. The van der Waals surface area contributed by atoms with Crippen LogP contribution in [0.4, 0.5) is 0 Å². The predicted molar refractivity (Wildman–Crippen MR) is 68.6 cm³/mol. The van der Waals surface area contributed by atoms with Gasteiger partial charge in [-0.15, -0.1) is 0 Å². The molecule has 2 aromatic carbocycles. The van der Waals surface area contributed by atoms with E-state index in [0.29, 0.717) is 17.9 Å². The summed E-state index contributed by atoms with van der Waals surface area (Å²) in [6, 6.07) is 16.8. The molecule has 0 aliphatic rings. The summed E-state index contributed by atoms with van der Waals surface area (Å²) in [6.45, 7) is 0.425. The molecule has 3 nitrogen and oxygen atoms in total. The maximum Gasteiger partial charge on any atom is 0.341 e. The maximum absolute atomic E-state index is 11.5. The first-order chi connectivity index (χ1) is 8.81. The van der Waals surface area contributed by atoms with Gasteiger partial charge in [0.1, 0.15) is 17.9 Å². The second kappa shape index (κ2) is 5.87. The number of ether oxygens (including phenoxy) is 2. The van der Waals surface area contributed by atoms with Gasteiger partial charge in [0.2, 0.25) is 0 Å². The molecule has 18 heavy (non-hydrogen) atoms. The van der Waals surface area contributed by atoms with Crippen LogP contribution in [0, 0.1) is 0 Å². The third kappa shape index (κ3) is 2.88. The summed E-state index contributed by atoms with van der Waals surface area (Å²) >= 11 is 0. The molecular formula is C15H14O3. The lowest BCUT2D eigenvalue weighted by Crippen LogP contribution is -2.05. The fourth-order valence-corrected chi connectivity index (χ4v) is 1.61. The van der Waals surface area contributed by atoms with Crippen molar-refractivity contribution in [2.45, 2.75) is 6.61 Å². The van der Waals surface area contributed by atoms with E-state index in [1.165, 1.54) is 7.11 Å². The molecular weight excluding hydrogens is 228 g/mol. The Labute approximate surface area is 106 Å². The zero-order chi connectivity index (χ0) is 12.8. The number of benzene rings is 2. The molecule has 0 saturated carbocycles. The average Bonchev–Trinajstić information content (AvgIpc) is 2.45. The molecule has 2 rings (SSSR count). The Bertz CT molecular complexity index is 520. The average molecular weight is 242 g/mol. The van der Waals surface area contributed by atoms with Crippen molar-refractivity contribution in [1.82, 2.24) is 0 Å². The fourth-order valence-electron chi connectivity index (χ4n) is 1.61. The first-order valence-electron chi connectivity index (χ1n) is 5.65. The van der Waals surface area contributed by atoms with Crippen molar-refractivity contribution in [3.8, 4) is 5.75 Å². The van der Waals surface area contributed by atoms with E-state index in [9.17, 15) is 4.79 Å². The van der Waals surface area contributed by atoms with Crippen LogP contribution in [-0.4, -0.2) is 13.1 Å². The highest BCUT2D eigenvalue weighted by atomic mass is 16.5. The van der Waals surface area contributed by atoms with Crippen LogP contribution < -0.4 is 4.74 Å². The Morgan fingerprint density at radius 1 is 1.00 bits per heavy atom. The quantitative estimate of drug-likeness (QED) is 0.773. The van der Waals surface area contributed by atoms with Gasteiger partial charge in [-0.1, -0.05) is 42.5 Å². The highest BCUT2D eigenvalue weighted by Crippen LogP contribution is 2.20. The van der Waals surface area contributed by atoms with Gasteiger partial charge in [0, 0.05) is 0 Å². The summed E-state index contributed by atoms with van der Waals surface area (Å²) in [5.74, 6) is 0.145. The van der Waals surface area contributed by atoms with E-state index in [2.05, 4.69) is 0 Å². The third-order valence-corrected chi connectivity index (χ3v) is 2.53. The molecule has 0 aliphatic carbocycles. The standard InChI is InChI=1S/C15H14O3/c1-17-15(16)13-9-5-6-10-14(13)18-11-12-7-3-2-4-8-12/h2-10H,11H2,1H3. The summed E-state index contributed by atoms with van der Waals surface area (Å²) in [6.07, 6.45) is 0. The lowest BCUT2D eigenvalue weighted by Gasteiger charge is -2.09. The van der Waals surface area contributed by atoms with Crippen molar-refractivity contribution in [2.24, 2.45) is 0 Å². The molecule has 0 N–H and O–H groups in total. The molecule has 0 radical (unpaired) electrons. The minimum Gasteiger partial charge on any atom is -0.488 e. The first kappa shape index (κ1) is 12.2. The zero-order valence-corrected chi connectivity index (χ0v) is 10.1. The van der Waals surface area contributed by atoms with Crippen molar-refractivity contribution in [2.75, 3.05) is 7.11 Å². The molecule has 0 aliphatic heterocycles. The van der Waals surface area contributed by atoms with Gasteiger partial charge in [0.25, 0.3) is 0 Å². The van der Waals surface area contributed by atoms with Crippen LogP contribution in [0.3, 0.4) is 0 Å². The molecule has 2 aromatic rings. The van der Waals surface area contributed by atoms with Crippen LogP contribution in [0.5, 0.6) is 5.75 Å². The van der Waals surface area contributed by atoms with Gasteiger partial charge in [-0.2, -0.15) is 0 Å². The fraction of sp³-hybridized carbons (Fsp3) is 0.133. The second-order valence-electron chi connectivity index (χ2n) is 3.76. The number of esters is 1. The molecule has 0 spiro atoms. The van der Waals surface area contributed by atoms with Gasteiger partial charge in [-0.3, -0.25) is 0 Å². The van der Waals surface area contributed by atoms with Gasteiger partial charge in [-0.25, -0.2) is 4.79 Å². The van der Waals surface area contributed by atoms with Crippen molar-refractivity contribution < 1.29 is 14.3 Å². The van der Waals surface area contributed by atoms with E-state index in [0.717, 1.165) is 5.56 Å². The monoisotopic (exact) mass is 242 g/mol. The third-order valence-electron chi connectivity index (χ3n) is 2.53. The second-order valence-corrected chi connectivity index (χ2v) is 3.76. The largest absolute Gasteiger partial charge is 0.488 e. The minimum absolute atomic E-state index is 0.390. The van der Waals surface area contributed by atoms with Crippen LogP contribution in [0.25, 0.3) is 0 Å². The van der Waals surface area contributed by atoms with Gasteiger partial charge in [0.05, 0.1) is 7.11 Å². The molecule has 0 amide bonds. The van der Waals surface area contributed by atoms with Crippen molar-refractivity contribution in [3.63, 3.8) is 0 Å². The van der Waals surface area contributed by atoms with E-state index in [4.69, 9.17) is 9.47 Å². The van der Waals surface area contributed by atoms with Crippen molar-refractivity contribution in [3.05, 3.63) is 65.7 Å². The van der Waals surface area contributed by atoms with Gasteiger partial charge in [-0.05, 0) is 17.7 Å². The summed E-state index contributed by atoms with van der Waals surface area (Å²) in [5.41, 5.74) is 1.49. The van der Waals surface area contributed by atoms with Crippen LogP contribution in [0.15, 0.2) is 54.6 Å². The lowest BCUT2D eigenvalue weighted by atomic mass is 10.2. The van der Waals surface area contributed by atoms with Gasteiger partial charge in [0.15, 0.2) is 0 Å². The van der Waals surface area contributed by atoms with E-state index >= 15 is 0 Å². The molecule has 92 valence electrons. The molecule has 0 fully saturated rings. The Morgan fingerprint density at radius 2 is 1.67 bits per heavy atom. The van der Waals surface area contributed by atoms with Gasteiger partial charge >= 0.3 is 5.97 Å². The Kier molecular flexibility index (Phi) is 3.97. The lowest BCUT2D eigenvalue weighted by molar-refractivity contribution is 0.0595. The number of carbonyl (C=O) groups is 1. The Morgan fingerprint density at radius 3 is 2.39 bits per heavy atom. The molecule has 3 heteroatoms. The summed E-state index contributed by atoms with van der Waals surface area (Å²) in [4.78, 5) is 11.5. The normalized spacial score (nSPS) is 9.83. The number of hydrogen-bond acceptors (Lipinski definition) is 3. The molecule has 0 atom stereocenters. The van der Waals surface area contributed by atoms with E-state index in [1.54, 1.807) is 18.2 Å². The molecule has 0 unspecified atom stereocenters. The van der Waals surface area contributed by atoms with Gasteiger partial charge < -0.3 is 9.47 Å². The summed E-state index contributed by atoms with van der Waals surface area (Å²) in [7, 11) is 1.36. The van der Waals surface area contributed by atoms with Crippen molar-refractivity contribution in [1.29, 1.82) is 0 Å². The number of hydrogen-bond donors (Lipinski definition) is 0. The number of para-hydroxylation sites is 1. The van der Waals surface area contributed by atoms with Crippen molar-refractivity contribution >= 4 is 5.97 Å². The number of rotatable bonds is 4. The molecule has 0 aromatic heterocycles. The zero-order valence-electron chi connectivity index (χ0n) is 10.1. The molecule has 0 bridgehead atoms. The van der Waals surface area contributed by atoms with Crippen LogP contribution in [0.1, 0.15) is 15.9 Å².